The van der Waals surface area contributed by atoms with Gasteiger partial charge in [0.15, 0.2) is 11.6 Å². The van der Waals surface area contributed by atoms with Gasteiger partial charge in [0.1, 0.15) is 6.61 Å². The maximum atomic E-state index is 13.2. The van der Waals surface area contributed by atoms with E-state index in [0.29, 0.717) is 12.4 Å². The molecule has 0 aliphatic rings. The molecule has 1 aromatic rings. The van der Waals surface area contributed by atoms with E-state index in [4.69, 9.17) is 4.74 Å². The molecule has 84 valence electrons. The van der Waals surface area contributed by atoms with E-state index in [9.17, 15) is 4.39 Å². The molecule has 0 aliphatic heterocycles. The number of para-hydroxylation sites is 1. The van der Waals surface area contributed by atoms with Gasteiger partial charge in [-0.05, 0) is 26.2 Å². The summed E-state index contributed by atoms with van der Waals surface area (Å²) >= 11 is 0. The van der Waals surface area contributed by atoms with E-state index in [2.05, 4.69) is 10.6 Å². The van der Waals surface area contributed by atoms with E-state index < -0.39 is 0 Å². The van der Waals surface area contributed by atoms with Crippen LogP contribution in [0.15, 0.2) is 24.3 Å². The molecular weight excluding hydrogens is 195 g/mol. The Morgan fingerprint density at radius 3 is 2.67 bits per heavy atom. The van der Waals surface area contributed by atoms with Gasteiger partial charge in [0, 0.05) is 6.54 Å². The second kappa shape index (κ2) is 6.37. The molecule has 4 heteroatoms. The number of nitrogens with one attached hydrogen (secondary N) is 2. The quantitative estimate of drug-likeness (QED) is 0.738. The average molecular weight is 212 g/mol. The zero-order chi connectivity index (χ0) is 11.1. The third kappa shape index (κ3) is 3.85. The van der Waals surface area contributed by atoms with Gasteiger partial charge in [-0.15, -0.1) is 0 Å². The van der Waals surface area contributed by atoms with Gasteiger partial charge < -0.3 is 15.4 Å². The summed E-state index contributed by atoms with van der Waals surface area (Å²) in [5.74, 6) is -0.0225. The zero-order valence-electron chi connectivity index (χ0n) is 9.09. The molecule has 1 atom stereocenters. The highest BCUT2D eigenvalue weighted by Crippen LogP contribution is 2.15. The van der Waals surface area contributed by atoms with E-state index in [1.807, 2.05) is 14.1 Å². The van der Waals surface area contributed by atoms with Crippen molar-refractivity contribution in [1.82, 2.24) is 10.6 Å². The molecule has 0 spiro atoms. The molecule has 0 saturated carbocycles. The molecule has 0 aliphatic carbocycles. The number of halogens is 1. The lowest BCUT2D eigenvalue weighted by atomic mass is 10.3. The highest BCUT2D eigenvalue weighted by Gasteiger charge is 2.07. The van der Waals surface area contributed by atoms with Gasteiger partial charge >= 0.3 is 0 Å². The van der Waals surface area contributed by atoms with Crippen LogP contribution in [-0.4, -0.2) is 33.3 Å². The van der Waals surface area contributed by atoms with Crippen LogP contribution in [0.3, 0.4) is 0 Å². The van der Waals surface area contributed by atoms with Gasteiger partial charge in [0.25, 0.3) is 0 Å². The van der Waals surface area contributed by atoms with Crippen LogP contribution in [0.1, 0.15) is 0 Å². The Labute approximate surface area is 89.6 Å². The Kier molecular flexibility index (Phi) is 5.07. The molecule has 0 radical (unpaired) electrons. The zero-order valence-corrected chi connectivity index (χ0v) is 9.09. The van der Waals surface area contributed by atoms with Gasteiger partial charge in [-0.1, -0.05) is 12.1 Å². The Morgan fingerprint density at radius 2 is 2.07 bits per heavy atom. The first kappa shape index (κ1) is 11.9. The van der Waals surface area contributed by atoms with Crippen LogP contribution in [0.5, 0.6) is 5.75 Å². The number of hydrogen-bond acceptors (Lipinski definition) is 3. The van der Waals surface area contributed by atoms with Crippen LogP contribution in [0.25, 0.3) is 0 Å². The Balaban J connectivity index is 2.45. The molecule has 0 bridgehead atoms. The van der Waals surface area contributed by atoms with Crippen molar-refractivity contribution in [2.75, 3.05) is 27.2 Å². The maximum Gasteiger partial charge on any atom is 0.165 e. The molecule has 0 heterocycles. The third-order valence-electron chi connectivity index (χ3n) is 2.14. The van der Waals surface area contributed by atoms with Crippen LogP contribution in [0.2, 0.25) is 0 Å². The molecule has 0 saturated heterocycles. The Morgan fingerprint density at radius 1 is 1.33 bits per heavy atom. The molecular formula is C11H17FN2O. The van der Waals surface area contributed by atoms with Crippen LogP contribution in [-0.2, 0) is 0 Å². The number of rotatable bonds is 6. The minimum absolute atomic E-state index is 0.176. The topological polar surface area (TPSA) is 33.3 Å². The highest BCUT2D eigenvalue weighted by atomic mass is 19.1. The lowest BCUT2D eigenvalue weighted by Gasteiger charge is -2.16. The standard InChI is InChI=1S/C11H17FN2O/c1-13-7-9(14-2)8-15-11-6-4-3-5-10(11)12/h3-6,9,13-14H,7-8H2,1-2H3. The van der Waals surface area contributed by atoms with E-state index in [0.717, 1.165) is 6.54 Å². The number of benzene rings is 1. The smallest absolute Gasteiger partial charge is 0.165 e. The normalized spacial score (nSPS) is 12.5. The summed E-state index contributed by atoms with van der Waals surface area (Å²) < 4.78 is 18.5. The highest BCUT2D eigenvalue weighted by molar-refractivity contribution is 5.23. The summed E-state index contributed by atoms with van der Waals surface area (Å²) in [5, 5.41) is 6.12. The fraction of sp³-hybridized carbons (Fsp3) is 0.455. The van der Waals surface area contributed by atoms with Crippen molar-refractivity contribution in [2.45, 2.75) is 6.04 Å². The van der Waals surface area contributed by atoms with Crippen LogP contribution in [0.4, 0.5) is 4.39 Å². The maximum absolute atomic E-state index is 13.2. The lowest BCUT2D eigenvalue weighted by molar-refractivity contribution is 0.257. The minimum atomic E-state index is -0.322. The molecule has 1 aromatic carbocycles. The molecule has 3 nitrogen and oxygen atoms in total. The summed E-state index contributed by atoms with van der Waals surface area (Å²) in [5.41, 5.74) is 0. The van der Waals surface area contributed by atoms with Gasteiger partial charge in [-0.3, -0.25) is 0 Å². The van der Waals surface area contributed by atoms with Crippen molar-refractivity contribution in [3.8, 4) is 5.75 Å². The Hall–Kier alpha value is -1.13. The first-order chi connectivity index (χ1) is 7.27. The average Bonchev–Trinajstić information content (AvgIpc) is 2.26. The molecule has 15 heavy (non-hydrogen) atoms. The second-order valence-corrected chi connectivity index (χ2v) is 3.28. The van der Waals surface area contributed by atoms with Gasteiger partial charge in [0.2, 0.25) is 0 Å². The van der Waals surface area contributed by atoms with Crippen LogP contribution >= 0.6 is 0 Å². The second-order valence-electron chi connectivity index (χ2n) is 3.28. The van der Waals surface area contributed by atoms with E-state index >= 15 is 0 Å². The largest absolute Gasteiger partial charge is 0.489 e. The lowest BCUT2D eigenvalue weighted by Crippen LogP contribution is -2.39. The first-order valence-electron chi connectivity index (χ1n) is 4.97. The van der Waals surface area contributed by atoms with Gasteiger partial charge in [-0.2, -0.15) is 0 Å². The van der Waals surface area contributed by atoms with Crippen molar-refractivity contribution >= 4 is 0 Å². The molecule has 1 rings (SSSR count). The summed E-state index contributed by atoms with van der Waals surface area (Å²) in [6.07, 6.45) is 0. The van der Waals surface area contributed by atoms with Crippen molar-refractivity contribution in [3.05, 3.63) is 30.1 Å². The number of ether oxygens (including phenoxy) is 1. The summed E-state index contributed by atoms with van der Waals surface area (Å²) in [6.45, 7) is 1.23. The monoisotopic (exact) mass is 212 g/mol. The molecule has 0 amide bonds. The van der Waals surface area contributed by atoms with Crippen LogP contribution in [0, 0.1) is 5.82 Å². The van der Waals surface area contributed by atoms with E-state index in [1.54, 1.807) is 18.2 Å². The van der Waals surface area contributed by atoms with Crippen molar-refractivity contribution in [2.24, 2.45) is 0 Å². The van der Waals surface area contributed by atoms with Crippen molar-refractivity contribution in [1.29, 1.82) is 0 Å². The van der Waals surface area contributed by atoms with E-state index in [1.165, 1.54) is 6.07 Å². The fourth-order valence-corrected chi connectivity index (χ4v) is 1.24. The van der Waals surface area contributed by atoms with Gasteiger partial charge in [-0.25, -0.2) is 4.39 Å². The predicted molar refractivity (Wildman–Crippen MR) is 58.7 cm³/mol. The van der Waals surface area contributed by atoms with E-state index in [-0.39, 0.29) is 11.9 Å². The first-order valence-corrected chi connectivity index (χ1v) is 4.97. The fourth-order valence-electron chi connectivity index (χ4n) is 1.24. The number of likely N-dealkylation sites (N-methyl/N-ethyl adjacent to an activating group) is 2. The molecule has 0 fully saturated rings. The molecule has 0 aromatic heterocycles. The summed E-state index contributed by atoms with van der Waals surface area (Å²) in [7, 11) is 3.72. The summed E-state index contributed by atoms with van der Waals surface area (Å²) in [6, 6.07) is 6.59. The third-order valence-corrected chi connectivity index (χ3v) is 2.14. The van der Waals surface area contributed by atoms with Gasteiger partial charge in [0.05, 0.1) is 6.04 Å². The Bertz CT molecular complexity index is 294. The SMILES string of the molecule is CNCC(COc1ccccc1F)NC. The summed E-state index contributed by atoms with van der Waals surface area (Å²) in [4.78, 5) is 0. The minimum Gasteiger partial charge on any atom is -0.489 e. The molecule has 1 unspecified atom stereocenters. The molecule has 2 N–H and O–H groups in total. The number of hydrogen-bond donors (Lipinski definition) is 2. The van der Waals surface area contributed by atoms with Crippen molar-refractivity contribution in [3.63, 3.8) is 0 Å². The predicted octanol–water partition coefficient (Wildman–Crippen LogP) is 1.01. The van der Waals surface area contributed by atoms with Crippen molar-refractivity contribution < 1.29 is 9.13 Å². The van der Waals surface area contributed by atoms with Crippen LogP contribution < -0.4 is 15.4 Å².